The Hall–Kier alpha value is -3.18. The lowest BCUT2D eigenvalue weighted by Crippen LogP contribution is -2.12. The van der Waals surface area contributed by atoms with Crippen LogP contribution in [-0.4, -0.2) is 11.9 Å². The molecule has 3 rings (SSSR count). The monoisotopic (exact) mass is 383 g/mol. The molecule has 0 aliphatic heterocycles. The van der Waals surface area contributed by atoms with Crippen molar-refractivity contribution in [2.24, 2.45) is 0 Å². The van der Waals surface area contributed by atoms with E-state index in [9.17, 15) is 14.0 Å². The van der Waals surface area contributed by atoms with Crippen molar-refractivity contribution in [3.05, 3.63) is 100 Å². The number of carbonyl (C=O) groups is 2. The third kappa shape index (κ3) is 4.92. The Labute approximate surface area is 160 Å². The molecule has 0 unspecified atom stereocenters. The van der Waals surface area contributed by atoms with Gasteiger partial charge in [-0.25, -0.2) is 9.18 Å². The highest BCUT2D eigenvalue weighted by Crippen LogP contribution is 2.19. The summed E-state index contributed by atoms with van der Waals surface area (Å²) in [6.07, 6.45) is 0. The maximum atomic E-state index is 13.0. The Bertz CT molecular complexity index is 959. The van der Waals surface area contributed by atoms with E-state index in [1.165, 1.54) is 6.07 Å². The molecule has 3 aromatic carbocycles. The smallest absolute Gasteiger partial charge is 0.339 e. The minimum absolute atomic E-state index is 0.00655. The highest BCUT2D eigenvalue weighted by Gasteiger charge is 2.13. The van der Waals surface area contributed by atoms with Crippen LogP contribution < -0.4 is 5.32 Å². The third-order valence-corrected chi connectivity index (χ3v) is 4.08. The number of anilines is 1. The second-order valence-electron chi connectivity index (χ2n) is 5.72. The third-order valence-electron chi connectivity index (χ3n) is 3.77. The maximum absolute atomic E-state index is 13.0. The molecule has 1 N–H and O–H groups in total. The molecule has 0 fully saturated rings. The van der Waals surface area contributed by atoms with Gasteiger partial charge in [-0.15, -0.1) is 0 Å². The molecule has 0 bridgehead atoms. The van der Waals surface area contributed by atoms with Crippen molar-refractivity contribution in [2.45, 2.75) is 6.61 Å². The molecule has 0 aliphatic rings. The average molecular weight is 384 g/mol. The van der Waals surface area contributed by atoms with E-state index in [2.05, 4.69) is 5.32 Å². The van der Waals surface area contributed by atoms with Crippen molar-refractivity contribution in [3.63, 3.8) is 0 Å². The summed E-state index contributed by atoms with van der Waals surface area (Å²) < 4.78 is 18.2. The summed E-state index contributed by atoms with van der Waals surface area (Å²) in [5.74, 6) is -1.41. The first-order valence-corrected chi connectivity index (χ1v) is 8.48. The van der Waals surface area contributed by atoms with Gasteiger partial charge in [-0.2, -0.15) is 0 Å². The number of para-hydroxylation sites is 1. The highest BCUT2D eigenvalue weighted by atomic mass is 35.5. The zero-order valence-corrected chi connectivity index (χ0v) is 14.9. The van der Waals surface area contributed by atoms with Gasteiger partial charge in [0.1, 0.15) is 12.4 Å². The lowest BCUT2D eigenvalue weighted by Gasteiger charge is -2.08. The van der Waals surface area contributed by atoms with Gasteiger partial charge in [0.25, 0.3) is 5.91 Å². The molecular weight excluding hydrogens is 369 g/mol. The molecule has 0 aliphatic carbocycles. The van der Waals surface area contributed by atoms with E-state index < -0.39 is 11.8 Å². The van der Waals surface area contributed by atoms with Crippen molar-refractivity contribution in [2.75, 3.05) is 5.32 Å². The summed E-state index contributed by atoms with van der Waals surface area (Å²) in [5, 5.41) is 2.78. The number of amides is 1. The molecule has 0 heterocycles. The van der Waals surface area contributed by atoms with Crippen LogP contribution in [0.4, 0.5) is 10.1 Å². The van der Waals surface area contributed by atoms with Gasteiger partial charge < -0.3 is 10.1 Å². The van der Waals surface area contributed by atoms with Gasteiger partial charge in [-0.05, 0) is 48.0 Å². The fourth-order valence-electron chi connectivity index (χ4n) is 2.36. The number of hydrogen-bond acceptors (Lipinski definition) is 3. The van der Waals surface area contributed by atoms with Crippen LogP contribution in [0.5, 0.6) is 0 Å². The Kier molecular flexibility index (Phi) is 5.84. The predicted octanol–water partition coefficient (Wildman–Crippen LogP) is 5.09. The minimum atomic E-state index is -0.647. The van der Waals surface area contributed by atoms with Gasteiger partial charge in [0.05, 0.1) is 10.6 Å². The van der Waals surface area contributed by atoms with Crippen molar-refractivity contribution in [3.8, 4) is 0 Å². The zero-order valence-electron chi connectivity index (χ0n) is 14.1. The highest BCUT2D eigenvalue weighted by molar-refractivity contribution is 6.33. The summed E-state index contributed by atoms with van der Waals surface area (Å²) in [5.41, 5.74) is 1.99. The molecule has 0 aromatic heterocycles. The molecule has 0 spiro atoms. The van der Waals surface area contributed by atoms with Crippen molar-refractivity contribution >= 4 is 29.2 Å². The molecular formula is C21H15ClFNO3. The van der Waals surface area contributed by atoms with E-state index in [4.69, 9.17) is 16.3 Å². The van der Waals surface area contributed by atoms with Crippen molar-refractivity contribution < 1.29 is 18.7 Å². The van der Waals surface area contributed by atoms with E-state index in [-0.39, 0.29) is 23.1 Å². The van der Waals surface area contributed by atoms with Crippen molar-refractivity contribution in [1.29, 1.82) is 0 Å². The lowest BCUT2D eigenvalue weighted by atomic mass is 10.1. The van der Waals surface area contributed by atoms with Crippen molar-refractivity contribution in [1.82, 2.24) is 0 Å². The van der Waals surface area contributed by atoms with E-state index in [0.717, 1.165) is 12.1 Å². The molecule has 4 nitrogen and oxygen atoms in total. The first kappa shape index (κ1) is 18.6. The first-order valence-electron chi connectivity index (χ1n) is 8.10. The Morgan fingerprint density at radius 1 is 0.963 bits per heavy atom. The normalized spacial score (nSPS) is 10.3. The summed E-state index contributed by atoms with van der Waals surface area (Å²) >= 11 is 5.84. The maximum Gasteiger partial charge on any atom is 0.339 e. The number of hydrogen-bond donors (Lipinski definition) is 1. The van der Waals surface area contributed by atoms with E-state index in [0.29, 0.717) is 16.8 Å². The van der Waals surface area contributed by atoms with Gasteiger partial charge in [-0.3, -0.25) is 4.79 Å². The predicted molar refractivity (Wildman–Crippen MR) is 101 cm³/mol. The molecule has 3 aromatic rings. The molecule has 0 atom stereocenters. The van der Waals surface area contributed by atoms with Crippen LogP contribution in [0.3, 0.4) is 0 Å². The second-order valence-corrected chi connectivity index (χ2v) is 6.12. The fourth-order valence-corrected chi connectivity index (χ4v) is 2.60. The largest absolute Gasteiger partial charge is 0.457 e. The Morgan fingerprint density at radius 2 is 1.67 bits per heavy atom. The van der Waals surface area contributed by atoms with Crippen LogP contribution >= 0.6 is 11.6 Å². The number of benzene rings is 3. The number of carbonyl (C=O) groups excluding carboxylic acids is 2. The molecule has 1 amide bonds. The number of nitrogens with one attached hydrogen (secondary N) is 1. The number of rotatable bonds is 5. The SMILES string of the molecule is O=C(Nc1ccccc1)c1ccc(COC(=O)c2ccc(F)cc2Cl)cc1. The van der Waals surface area contributed by atoms with Crippen LogP contribution in [-0.2, 0) is 11.3 Å². The number of esters is 1. The summed E-state index contributed by atoms with van der Waals surface area (Å²) in [6.45, 7) is 0.00707. The first-order chi connectivity index (χ1) is 13.0. The van der Waals surface area contributed by atoms with Crippen LogP contribution in [0.25, 0.3) is 0 Å². The van der Waals surface area contributed by atoms with Crippen LogP contribution in [0, 0.1) is 5.82 Å². The standard InChI is InChI=1S/C21H15ClFNO3/c22-19-12-16(23)10-11-18(19)21(26)27-13-14-6-8-15(9-7-14)20(25)24-17-4-2-1-3-5-17/h1-12H,13H2,(H,24,25). The number of halogens is 2. The Morgan fingerprint density at radius 3 is 2.33 bits per heavy atom. The minimum Gasteiger partial charge on any atom is -0.457 e. The van der Waals surface area contributed by atoms with E-state index in [1.807, 2.05) is 18.2 Å². The summed E-state index contributed by atoms with van der Waals surface area (Å²) in [6, 6.07) is 19.3. The molecule has 0 radical (unpaired) electrons. The van der Waals surface area contributed by atoms with Gasteiger partial charge in [-0.1, -0.05) is 41.9 Å². The van der Waals surface area contributed by atoms with Crippen LogP contribution in [0.1, 0.15) is 26.3 Å². The van der Waals surface area contributed by atoms with Crippen LogP contribution in [0.2, 0.25) is 5.02 Å². The quantitative estimate of drug-likeness (QED) is 0.624. The van der Waals surface area contributed by atoms with Crippen LogP contribution in [0.15, 0.2) is 72.8 Å². The lowest BCUT2D eigenvalue weighted by molar-refractivity contribution is 0.0472. The summed E-state index contributed by atoms with van der Waals surface area (Å²) in [4.78, 5) is 24.2. The topological polar surface area (TPSA) is 55.4 Å². The Balaban J connectivity index is 1.59. The molecule has 0 saturated heterocycles. The molecule has 136 valence electrons. The van der Waals surface area contributed by atoms with Gasteiger partial charge in [0.15, 0.2) is 0 Å². The second kappa shape index (κ2) is 8.47. The van der Waals surface area contributed by atoms with E-state index in [1.54, 1.807) is 36.4 Å². The molecule has 27 heavy (non-hydrogen) atoms. The molecule has 6 heteroatoms. The summed E-state index contributed by atoms with van der Waals surface area (Å²) in [7, 11) is 0. The average Bonchev–Trinajstić information content (AvgIpc) is 2.67. The number of ether oxygens (including phenoxy) is 1. The molecule has 0 saturated carbocycles. The van der Waals surface area contributed by atoms with E-state index >= 15 is 0 Å². The van der Waals surface area contributed by atoms with Gasteiger partial charge in [0, 0.05) is 11.3 Å². The van der Waals surface area contributed by atoms with Gasteiger partial charge >= 0.3 is 5.97 Å². The van der Waals surface area contributed by atoms with Gasteiger partial charge in [0.2, 0.25) is 0 Å². The zero-order chi connectivity index (χ0) is 19.2. The fraction of sp³-hybridized carbons (Fsp3) is 0.0476.